The number of carbonyl (C=O) groups excluding carboxylic acids is 1. The number of fused-ring (bicyclic) bond motifs is 1. The fraction of sp³-hybridized carbons (Fsp3) is 0.231. The number of aromatic nitrogens is 3. The number of pyridine rings is 3. The van der Waals surface area contributed by atoms with Crippen LogP contribution in [0.25, 0.3) is 10.9 Å². The number of hydrogen-bond donors (Lipinski definition) is 2. The topological polar surface area (TPSA) is 128 Å². The summed E-state index contributed by atoms with van der Waals surface area (Å²) in [6.07, 6.45) is -1.86. The average Bonchev–Trinajstić information content (AvgIpc) is 2.82. The van der Waals surface area contributed by atoms with Gasteiger partial charge < -0.3 is 11.1 Å². The molecule has 0 aliphatic carbocycles. The van der Waals surface area contributed by atoms with Gasteiger partial charge in [0.1, 0.15) is 5.82 Å². The van der Waals surface area contributed by atoms with Gasteiger partial charge in [0.25, 0.3) is 5.91 Å². The molecule has 0 unspecified atom stereocenters. The van der Waals surface area contributed by atoms with Crippen LogP contribution in [0.4, 0.5) is 19.0 Å². The highest BCUT2D eigenvalue weighted by molar-refractivity contribution is 7.91. The lowest BCUT2D eigenvalue weighted by Crippen LogP contribution is -2.24. The summed E-state index contributed by atoms with van der Waals surface area (Å²) in [6, 6.07) is 10.7. The normalized spacial score (nSPS) is 12.1. The third kappa shape index (κ3) is 5.75. The van der Waals surface area contributed by atoms with Crippen molar-refractivity contribution in [2.45, 2.75) is 37.9 Å². The molecule has 198 valence electrons. The summed E-state index contributed by atoms with van der Waals surface area (Å²) in [4.78, 5) is 25.6. The molecule has 38 heavy (non-hydrogen) atoms. The minimum Gasteiger partial charge on any atom is -0.383 e. The maximum atomic E-state index is 13.2. The lowest BCUT2D eigenvalue weighted by Gasteiger charge is -2.14. The van der Waals surface area contributed by atoms with E-state index >= 15 is 0 Å². The zero-order chi connectivity index (χ0) is 27.8. The number of nitrogens with two attached hydrogens (primary N) is 1. The van der Waals surface area contributed by atoms with Gasteiger partial charge in [0, 0.05) is 47.8 Å². The zero-order valence-electron chi connectivity index (χ0n) is 20.7. The van der Waals surface area contributed by atoms with Gasteiger partial charge in [-0.15, -0.1) is 0 Å². The maximum absolute atomic E-state index is 13.2. The Morgan fingerprint density at radius 1 is 1.08 bits per heavy atom. The Kier molecular flexibility index (Phi) is 7.11. The molecular formula is C26H24F3N5O3S. The van der Waals surface area contributed by atoms with Gasteiger partial charge >= 0.3 is 6.18 Å². The van der Waals surface area contributed by atoms with Gasteiger partial charge in [-0.25, -0.2) is 13.4 Å². The van der Waals surface area contributed by atoms with Crippen LogP contribution >= 0.6 is 0 Å². The lowest BCUT2D eigenvalue weighted by atomic mass is 10.1. The Labute approximate surface area is 217 Å². The van der Waals surface area contributed by atoms with E-state index in [-0.39, 0.29) is 34.7 Å². The maximum Gasteiger partial charge on any atom is 0.419 e. The van der Waals surface area contributed by atoms with Gasteiger partial charge in [-0.3, -0.25) is 14.8 Å². The molecular weight excluding hydrogens is 519 g/mol. The van der Waals surface area contributed by atoms with Gasteiger partial charge in [-0.2, -0.15) is 13.2 Å². The lowest BCUT2D eigenvalue weighted by molar-refractivity contribution is -0.137. The Balaban J connectivity index is 1.56. The molecule has 0 aliphatic heterocycles. The molecule has 1 aromatic carbocycles. The summed E-state index contributed by atoms with van der Waals surface area (Å²) >= 11 is 0. The first-order valence-electron chi connectivity index (χ1n) is 11.4. The summed E-state index contributed by atoms with van der Waals surface area (Å²) in [5, 5.41) is 3.30. The highest BCUT2D eigenvalue weighted by Gasteiger charge is 2.34. The number of para-hydroxylation sites is 1. The molecule has 0 saturated heterocycles. The van der Waals surface area contributed by atoms with E-state index in [1.807, 2.05) is 13.0 Å². The Morgan fingerprint density at radius 3 is 2.50 bits per heavy atom. The number of nitrogen functional groups attached to an aromatic ring is 1. The SMILES string of the molecule is Cc1cc2cccc(S(C)(=O)=O)c2nc1Cc1cc(C(=O)NCc2cc(C(F)(F)F)c(N)nc2C)ccn1. The van der Waals surface area contributed by atoms with E-state index in [2.05, 4.69) is 20.3 Å². The molecule has 0 spiro atoms. The average molecular weight is 544 g/mol. The van der Waals surface area contributed by atoms with E-state index in [4.69, 9.17) is 5.73 Å². The number of anilines is 1. The molecule has 12 heteroatoms. The van der Waals surface area contributed by atoms with Crippen LogP contribution in [0.2, 0.25) is 0 Å². The summed E-state index contributed by atoms with van der Waals surface area (Å²) in [5.41, 5.74) is 7.36. The van der Waals surface area contributed by atoms with Gasteiger partial charge in [-0.1, -0.05) is 12.1 Å². The van der Waals surface area contributed by atoms with Crippen LogP contribution < -0.4 is 11.1 Å². The monoisotopic (exact) mass is 543 g/mol. The third-order valence-corrected chi connectivity index (χ3v) is 7.15. The number of alkyl halides is 3. The van der Waals surface area contributed by atoms with Crippen LogP contribution in [0.3, 0.4) is 0 Å². The van der Waals surface area contributed by atoms with Crippen LogP contribution in [0, 0.1) is 13.8 Å². The van der Waals surface area contributed by atoms with E-state index in [9.17, 15) is 26.4 Å². The second kappa shape index (κ2) is 10.0. The smallest absolute Gasteiger partial charge is 0.383 e. The predicted molar refractivity (Wildman–Crippen MR) is 136 cm³/mol. The Hall–Kier alpha value is -4.06. The van der Waals surface area contributed by atoms with E-state index in [1.165, 1.54) is 25.3 Å². The molecule has 0 radical (unpaired) electrons. The standard InChI is InChI=1S/C26H24F3N5O3S/c1-14-9-16-5-4-6-22(38(3,36)37)23(16)34-21(14)12-19-10-17(7-8-31-19)25(35)32-13-18-11-20(26(27,28)29)24(30)33-15(18)2/h4-11H,12-13H2,1-3H3,(H2,30,33)(H,32,35). The summed E-state index contributed by atoms with van der Waals surface area (Å²) < 4.78 is 64.0. The molecule has 1 amide bonds. The van der Waals surface area contributed by atoms with Gasteiger partial charge in [-0.05, 0) is 55.3 Å². The molecule has 0 aliphatic rings. The van der Waals surface area contributed by atoms with E-state index in [1.54, 1.807) is 18.2 Å². The van der Waals surface area contributed by atoms with Crippen molar-refractivity contribution in [1.82, 2.24) is 20.3 Å². The molecule has 8 nitrogen and oxygen atoms in total. The number of rotatable bonds is 6. The first kappa shape index (κ1) is 27.0. The number of carbonyl (C=O) groups is 1. The number of amides is 1. The van der Waals surface area contributed by atoms with Crippen LogP contribution in [0.1, 0.15) is 44.1 Å². The van der Waals surface area contributed by atoms with E-state index in [0.29, 0.717) is 22.3 Å². The summed E-state index contributed by atoms with van der Waals surface area (Å²) in [5.74, 6) is -1.13. The number of benzene rings is 1. The van der Waals surface area contributed by atoms with Crippen molar-refractivity contribution >= 4 is 32.5 Å². The van der Waals surface area contributed by atoms with Gasteiger partial charge in [0.15, 0.2) is 9.84 Å². The Morgan fingerprint density at radius 2 is 1.82 bits per heavy atom. The quantitative estimate of drug-likeness (QED) is 0.374. The van der Waals surface area contributed by atoms with Crippen molar-refractivity contribution in [3.63, 3.8) is 0 Å². The number of nitrogens with zero attached hydrogens (tertiary/aromatic N) is 3. The number of nitrogens with one attached hydrogen (secondary N) is 1. The van der Waals surface area contributed by atoms with Crippen LogP contribution in [0.15, 0.2) is 53.6 Å². The van der Waals surface area contributed by atoms with E-state index < -0.39 is 33.3 Å². The minimum atomic E-state index is -4.67. The van der Waals surface area contributed by atoms with Gasteiger partial charge in [0.2, 0.25) is 0 Å². The summed E-state index contributed by atoms with van der Waals surface area (Å²) in [7, 11) is -3.50. The van der Waals surface area contributed by atoms with Crippen LogP contribution in [-0.4, -0.2) is 35.5 Å². The van der Waals surface area contributed by atoms with Crippen molar-refractivity contribution in [1.29, 1.82) is 0 Å². The van der Waals surface area contributed by atoms with Crippen LogP contribution in [0.5, 0.6) is 0 Å². The second-order valence-electron chi connectivity index (χ2n) is 8.91. The second-order valence-corrected chi connectivity index (χ2v) is 10.9. The van der Waals surface area contributed by atoms with Gasteiger partial charge in [0.05, 0.1) is 21.7 Å². The number of sulfone groups is 1. The third-order valence-electron chi connectivity index (χ3n) is 6.02. The first-order valence-corrected chi connectivity index (χ1v) is 13.3. The molecule has 3 aromatic heterocycles. The molecule has 0 saturated carbocycles. The van der Waals surface area contributed by atoms with Crippen molar-refractivity contribution in [2.24, 2.45) is 0 Å². The molecule has 4 aromatic rings. The highest BCUT2D eigenvalue weighted by Crippen LogP contribution is 2.33. The van der Waals surface area contributed by atoms with Crippen molar-refractivity contribution in [3.8, 4) is 0 Å². The fourth-order valence-corrected chi connectivity index (χ4v) is 4.87. The van der Waals surface area contributed by atoms with E-state index in [0.717, 1.165) is 17.9 Å². The Bertz CT molecular complexity index is 1670. The van der Waals surface area contributed by atoms with Crippen molar-refractivity contribution < 1.29 is 26.4 Å². The zero-order valence-corrected chi connectivity index (χ0v) is 21.5. The number of hydrogen-bond acceptors (Lipinski definition) is 7. The molecule has 3 heterocycles. The largest absolute Gasteiger partial charge is 0.419 e. The minimum absolute atomic E-state index is 0.124. The number of aryl methyl sites for hydroxylation is 2. The predicted octanol–water partition coefficient (Wildman–Crippen LogP) is 4.17. The number of halogens is 3. The molecule has 0 atom stereocenters. The molecule has 0 bridgehead atoms. The first-order chi connectivity index (χ1) is 17.7. The molecule has 3 N–H and O–H groups in total. The highest BCUT2D eigenvalue weighted by atomic mass is 32.2. The molecule has 0 fully saturated rings. The van der Waals surface area contributed by atoms with Crippen molar-refractivity contribution in [2.75, 3.05) is 12.0 Å². The fourth-order valence-electron chi connectivity index (χ4n) is 4.03. The van der Waals surface area contributed by atoms with Crippen LogP contribution in [-0.2, 0) is 29.0 Å². The molecule has 4 rings (SSSR count). The summed E-state index contributed by atoms with van der Waals surface area (Å²) in [6.45, 7) is 3.18. The van der Waals surface area contributed by atoms with Crippen molar-refractivity contribution in [3.05, 3.63) is 88.0 Å².